The van der Waals surface area contributed by atoms with E-state index in [1.165, 1.54) is 24.3 Å². The quantitative estimate of drug-likeness (QED) is 0.789. The maximum absolute atomic E-state index is 12.8. The summed E-state index contributed by atoms with van der Waals surface area (Å²) in [7, 11) is 0. The summed E-state index contributed by atoms with van der Waals surface area (Å²) in [5.74, 6) is -1.14. The highest BCUT2D eigenvalue weighted by Gasteiger charge is 2.25. The van der Waals surface area contributed by atoms with E-state index >= 15 is 0 Å². The first kappa shape index (κ1) is 14.4. The minimum Gasteiger partial charge on any atom is -0.297 e. The van der Waals surface area contributed by atoms with Crippen LogP contribution in [0.1, 0.15) is 31.2 Å². The van der Waals surface area contributed by atoms with Gasteiger partial charge in [0.2, 0.25) is 11.8 Å². The van der Waals surface area contributed by atoms with Gasteiger partial charge in [-0.05, 0) is 30.5 Å². The van der Waals surface area contributed by atoms with E-state index in [-0.39, 0.29) is 36.4 Å². The summed E-state index contributed by atoms with van der Waals surface area (Å²) < 4.78 is 12.8. The molecule has 20 heavy (non-hydrogen) atoms. The van der Waals surface area contributed by atoms with E-state index in [2.05, 4.69) is 0 Å². The third-order valence-electron chi connectivity index (χ3n) is 3.28. The molecule has 0 radical (unpaired) electrons. The van der Waals surface area contributed by atoms with Gasteiger partial charge in [-0.25, -0.2) is 4.39 Å². The zero-order valence-corrected chi connectivity index (χ0v) is 11.1. The number of benzene rings is 1. The van der Waals surface area contributed by atoms with Crippen molar-refractivity contribution in [3.8, 4) is 0 Å². The van der Waals surface area contributed by atoms with Crippen LogP contribution in [0, 0.1) is 5.82 Å². The van der Waals surface area contributed by atoms with Crippen molar-refractivity contribution in [1.82, 2.24) is 4.90 Å². The molecule has 0 aromatic heterocycles. The summed E-state index contributed by atoms with van der Waals surface area (Å²) in [6, 6.07) is 5.62. The fourth-order valence-corrected chi connectivity index (χ4v) is 2.20. The molecule has 0 saturated carbocycles. The Morgan fingerprint density at radius 1 is 1.05 bits per heavy atom. The van der Waals surface area contributed by atoms with E-state index in [1.54, 1.807) is 0 Å². The molecular formula is C15H16FNO3. The number of likely N-dealkylation sites (tertiary alicyclic amines) is 1. The highest BCUT2D eigenvalue weighted by molar-refractivity contribution is 6.00. The van der Waals surface area contributed by atoms with E-state index in [9.17, 15) is 18.8 Å². The van der Waals surface area contributed by atoms with Gasteiger partial charge in [-0.1, -0.05) is 12.1 Å². The van der Waals surface area contributed by atoms with Crippen molar-refractivity contribution in [1.29, 1.82) is 0 Å². The fraction of sp³-hybridized carbons (Fsp3) is 0.400. The van der Waals surface area contributed by atoms with Crippen molar-refractivity contribution in [2.45, 2.75) is 32.1 Å². The Balaban J connectivity index is 1.97. The number of carbonyl (C=O) groups excluding carboxylic acids is 3. The van der Waals surface area contributed by atoms with Crippen LogP contribution in [0.2, 0.25) is 0 Å². The molecule has 1 saturated heterocycles. The number of amides is 2. The zero-order valence-electron chi connectivity index (χ0n) is 11.1. The molecule has 0 bridgehead atoms. The predicted molar refractivity (Wildman–Crippen MR) is 70.3 cm³/mol. The lowest BCUT2D eigenvalue weighted by molar-refractivity contribution is -0.146. The molecule has 1 fully saturated rings. The minimum absolute atomic E-state index is 0.0946. The van der Waals surface area contributed by atoms with Crippen molar-refractivity contribution >= 4 is 17.6 Å². The lowest BCUT2D eigenvalue weighted by atomic mass is 10.1. The molecule has 4 nitrogen and oxygen atoms in total. The Labute approximate surface area is 116 Å². The van der Waals surface area contributed by atoms with Crippen LogP contribution in [0.25, 0.3) is 0 Å². The third-order valence-corrected chi connectivity index (χ3v) is 3.28. The van der Waals surface area contributed by atoms with Gasteiger partial charge in [0.15, 0.2) is 5.78 Å². The van der Waals surface area contributed by atoms with Crippen molar-refractivity contribution in [2.75, 3.05) is 6.54 Å². The Morgan fingerprint density at radius 3 is 2.15 bits per heavy atom. The van der Waals surface area contributed by atoms with Crippen molar-refractivity contribution in [3.63, 3.8) is 0 Å². The summed E-state index contributed by atoms with van der Waals surface area (Å²) >= 11 is 0. The molecule has 1 aromatic rings. The van der Waals surface area contributed by atoms with Crippen LogP contribution in [-0.2, 0) is 20.8 Å². The van der Waals surface area contributed by atoms with Gasteiger partial charge >= 0.3 is 0 Å². The van der Waals surface area contributed by atoms with Crippen molar-refractivity contribution in [3.05, 3.63) is 35.6 Å². The Bertz CT molecular complexity index is 506. The topological polar surface area (TPSA) is 54.5 Å². The molecule has 1 aromatic carbocycles. The standard InChI is InChI=1S/C15H16FNO3/c16-12-7-5-11(6-8-12)9-13(18)10-17-14(19)3-1-2-4-15(17)20/h5-8H,1-4,9-10H2. The van der Waals surface area contributed by atoms with Gasteiger partial charge in [0.25, 0.3) is 0 Å². The van der Waals surface area contributed by atoms with Crippen LogP contribution in [0.15, 0.2) is 24.3 Å². The van der Waals surface area contributed by atoms with E-state index in [1.807, 2.05) is 0 Å². The molecule has 5 heteroatoms. The van der Waals surface area contributed by atoms with Gasteiger partial charge in [-0.15, -0.1) is 0 Å². The van der Waals surface area contributed by atoms with Gasteiger partial charge in [0.05, 0.1) is 6.54 Å². The van der Waals surface area contributed by atoms with Crippen LogP contribution in [0.4, 0.5) is 4.39 Å². The number of rotatable bonds is 4. The monoisotopic (exact) mass is 277 g/mol. The highest BCUT2D eigenvalue weighted by atomic mass is 19.1. The first-order chi connectivity index (χ1) is 9.56. The Hall–Kier alpha value is -2.04. The normalized spacial score (nSPS) is 16.1. The molecule has 2 rings (SSSR count). The molecule has 1 aliphatic heterocycles. The maximum Gasteiger partial charge on any atom is 0.229 e. The number of imide groups is 1. The van der Waals surface area contributed by atoms with Crippen LogP contribution in [-0.4, -0.2) is 29.0 Å². The van der Waals surface area contributed by atoms with Crippen LogP contribution in [0.5, 0.6) is 0 Å². The minimum atomic E-state index is -0.362. The predicted octanol–water partition coefficient (Wildman–Crippen LogP) is 1.87. The first-order valence-corrected chi connectivity index (χ1v) is 6.65. The number of Topliss-reactive ketones (excluding diaryl/α,β-unsaturated/α-hetero) is 1. The fourth-order valence-electron chi connectivity index (χ4n) is 2.20. The van der Waals surface area contributed by atoms with E-state index in [4.69, 9.17) is 0 Å². The Kier molecular flexibility index (Phi) is 4.61. The highest BCUT2D eigenvalue weighted by Crippen LogP contribution is 2.13. The maximum atomic E-state index is 12.8. The molecular weight excluding hydrogens is 261 g/mol. The molecule has 1 heterocycles. The lowest BCUT2D eigenvalue weighted by Crippen LogP contribution is -2.39. The largest absolute Gasteiger partial charge is 0.297 e. The summed E-state index contributed by atoms with van der Waals surface area (Å²) in [5, 5.41) is 0. The van der Waals surface area contributed by atoms with Crippen LogP contribution in [0.3, 0.4) is 0 Å². The van der Waals surface area contributed by atoms with Crippen LogP contribution >= 0.6 is 0 Å². The molecule has 0 aliphatic carbocycles. The van der Waals surface area contributed by atoms with Crippen molar-refractivity contribution in [2.24, 2.45) is 0 Å². The summed E-state index contributed by atoms with van der Waals surface area (Å²) in [4.78, 5) is 36.5. The number of hydrogen-bond donors (Lipinski definition) is 0. The molecule has 0 spiro atoms. The number of ketones is 1. The van der Waals surface area contributed by atoms with Crippen LogP contribution < -0.4 is 0 Å². The molecule has 0 unspecified atom stereocenters. The molecule has 2 amide bonds. The van der Waals surface area contributed by atoms with Gasteiger partial charge in [0.1, 0.15) is 5.82 Å². The molecule has 0 atom stereocenters. The average molecular weight is 277 g/mol. The molecule has 1 aliphatic rings. The van der Waals surface area contributed by atoms with E-state index < -0.39 is 0 Å². The number of carbonyl (C=O) groups is 3. The summed E-state index contributed by atoms with van der Waals surface area (Å²) in [6.07, 6.45) is 2.10. The molecule has 0 N–H and O–H groups in total. The SMILES string of the molecule is O=C(Cc1ccc(F)cc1)CN1C(=O)CCCCC1=O. The summed E-state index contributed by atoms with van der Waals surface area (Å²) in [5.41, 5.74) is 0.672. The van der Waals surface area contributed by atoms with Gasteiger partial charge in [-0.2, -0.15) is 0 Å². The second-order valence-electron chi connectivity index (χ2n) is 4.92. The van der Waals surface area contributed by atoms with Gasteiger partial charge in [-0.3, -0.25) is 19.3 Å². The smallest absolute Gasteiger partial charge is 0.229 e. The average Bonchev–Trinajstić information content (AvgIpc) is 2.57. The van der Waals surface area contributed by atoms with E-state index in [0.29, 0.717) is 31.2 Å². The molecule has 106 valence electrons. The van der Waals surface area contributed by atoms with Crippen molar-refractivity contribution < 1.29 is 18.8 Å². The van der Waals surface area contributed by atoms with E-state index in [0.717, 1.165) is 4.90 Å². The third kappa shape index (κ3) is 3.73. The summed E-state index contributed by atoms with van der Waals surface area (Å²) in [6.45, 7) is -0.185. The number of halogens is 1. The zero-order chi connectivity index (χ0) is 14.5. The van der Waals surface area contributed by atoms with Gasteiger partial charge in [0, 0.05) is 19.3 Å². The second-order valence-corrected chi connectivity index (χ2v) is 4.92. The number of nitrogens with zero attached hydrogens (tertiary/aromatic N) is 1. The van der Waals surface area contributed by atoms with Gasteiger partial charge < -0.3 is 0 Å². The lowest BCUT2D eigenvalue weighted by Gasteiger charge is -2.17. The Morgan fingerprint density at radius 2 is 1.60 bits per heavy atom. The second kappa shape index (κ2) is 6.41. The first-order valence-electron chi connectivity index (χ1n) is 6.65. The number of hydrogen-bond acceptors (Lipinski definition) is 3.